The van der Waals surface area contributed by atoms with Crippen molar-refractivity contribution in [1.82, 2.24) is 14.8 Å². The fourth-order valence-electron chi connectivity index (χ4n) is 2.23. The third-order valence-electron chi connectivity index (χ3n) is 3.50. The molecule has 1 fully saturated rings. The maximum atomic E-state index is 5.61. The molecule has 2 N–H and O–H groups in total. The first-order valence-electron chi connectivity index (χ1n) is 6.26. The Kier molecular flexibility index (Phi) is 4.10. The highest BCUT2D eigenvalue weighted by Gasteiger charge is 2.20. The predicted octanol–water partition coefficient (Wildman–Crippen LogP) is 0.676. The number of hydrogen-bond acceptors (Lipinski definition) is 4. The Balaban J connectivity index is 1.96. The second-order valence-electron chi connectivity index (χ2n) is 4.89. The third-order valence-corrected chi connectivity index (χ3v) is 3.50. The van der Waals surface area contributed by atoms with Gasteiger partial charge in [-0.15, -0.1) is 0 Å². The Bertz CT molecular complexity index is 366. The summed E-state index contributed by atoms with van der Waals surface area (Å²) in [5.41, 5.74) is 7.72. The van der Waals surface area contributed by atoms with Crippen molar-refractivity contribution in [2.75, 3.05) is 26.7 Å². The van der Waals surface area contributed by atoms with E-state index in [1.165, 1.54) is 0 Å². The Labute approximate surface area is 103 Å². The van der Waals surface area contributed by atoms with Crippen molar-refractivity contribution in [1.29, 1.82) is 0 Å². The van der Waals surface area contributed by atoms with Crippen LogP contribution in [0.4, 0.5) is 0 Å². The molecule has 94 valence electrons. The molecule has 1 aliphatic rings. The predicted molar refractivity (Wildman–Crippen MR) is 69.5 cm³/mol. The molecule has 0 saturated carbocycles. The van der Waals surface area contributed by atoms with Crippen molar-refractivity contribution >= 4 is 0 Å². The molecule has 1 atom stereocenters. The number of nitrogens with two attached hydrogens (primary N) is 1. The maximum absolute atomic E-state index is 5.61. The van der Waals surface area contributed by atoms with Gasteiger partial charge in [0.25, 0.3) is 0 Å². The molecule has 2 heterocycles. The highest BCUT2D eigenvalue weighted by atomic mass is 15.3. The monoisotopic (exact) mass is 234 g/mol. The number of rotatable bonds is 3. The molecule has 0 aromatic carbocycles. The van der Waals surface area contributed by atoms with E-state index in [4.69, 9.17) is 5.73 Å². The molecular weight excluding hydrogens is 212 g/mol. The number of likely N-dealkylation sites (N-methyl/N-ethyl adjacent to an activating group) is 1. The third kappa shape index (κ3) is 3.25. The number of piperazine rings is 1. The van der Waals surface area contributed by atoms with E-state index < -0.39 is 0 Å². The van der Waals surface area contributed by atoms with Crippen LogP contribution in [0.15, 0.2) is 18.2 Å². The van der Waals surface area contributed by atoms with E-state index in [0.29, 0.717) is 12.6 Å². The van der Waals surface area contributed by atoms with Crippen LogP contribution in [0.2, 0.25) is 0 Å². The summed E-state index contributed by atoms with van der Waals surface area (Å²) in [6, 6.07) is 6.74. The lowest BCUT2D eigenvalue weighted by Gasteiger charge is -2.37. The SMILES string of the molecule is CC1CN(Cc2cccc(CN)n2)CCN1C. The molecule has 1 unspecified atom stereocenters. The number of hydrogen-bond donors (Lipinski definition) is 1. The molecule has 0 spiro atoms. The topological polar surface area (TPSA) is 45.4 Å². The molecule has 0 radical (unpaired) electrons. The first-order chi connectivity index (χ1) is 8.19. The molecule has 0 bridgehead atoms. The number of nitrogens with zero attached hydrogens (tertiary/aromatic N) is 3. The molecule has 2 rings (SSSR count). The van der Waals surface area contributed by atoms with Crippen LogP contribution in [0.5, 0.6) is 0 Å². The quantitative estimate of drug-likeness (QED) is 0.835. The second kappa shape index (κ2) is 5.58. The summed E-state index contributed by atoms with van der Waals surface area (Å²) in [7, 11) is 2.19. The molecule has 1 aromatic heterocycles. The van der Waals surface area contributed by atoms with Crippen LogP contribution in [0.25, 0.3) is 0 Å². The standard InChI is InChI=1S/C13H22N4/c1-11-9-17(7-6-16(11)2)10-13-5-3-4-12(8-14)15-13/h3-5,11H,6-10,14H2,1-2H3. The second-order valence-corrected chi connectivity index (χ2v) is 4.89. The van der Waals surface area contributed by atoms with E-state index in [9.17, 15) is 0 Å². The van der Waals surface area contributed by atoms with Crippen LogP contribution in [-0.2, 0) is 13.1 Å². The van der Waals surface area contributed by atoms with Gasteiger partial charge < -0.3 is 10.6 Å². The first-order valence-corrected chi connectivity index (χ1v) is 6.26. The molecular formula is C13H22N4. The lowest BCUT2D eigenvalue weighted by molar-refractivity contribution is 0.0990. The zero-order valence-corrected chi connectivity index (χ0v) is 10.8. The Hall–Kier alpha value is -0.970. The lowest BCUT2D eigenvalue weighted by Crippen LogP contribution is -2.49. The van der Waals surface area contributed by atoms with Crippen LogP contribution in [-0.4, -0.2) is 47.5 Å². The smallest absolute Gasteiger partial charge is 0.0547 e. The van der Waals surface area contributed by atoms with Gasteiger partial charge in [0.15, 0.2) is 0 Å². The largest absolute Gasteiger partial charge is 0.325 e. The fraction of sp³-hybridized carbons (Fsp3) is 0.615. The summed E-state index contributed by atoms with van der Waals surface area (Å²) in [5.74, 6) is 0. The minimum Gasteiger partial charge on any atom is -0.325 e. The summed E-state index contributed by atoms with van der Waals surface area (Å²) >= 11 is 0. The summed E-state index contributed by atoms with van der Waals surface area (Å²) in [6.07, 6.45) is 0. The van der Waals surface area contributed by atoms with Gasteiger partial charge in [0, 0.05) is 38.8 Å². The van der Waals surface area contributed by atoms with Crippen molar-refractivity contribution < 1.29 is 0 Å². The maximum Gasteiger partial charge on any atom is 0.0547 e. The number of pyridine rings is 1. The van der Waals surface area contributed by atoms with Crippen molar-refractivity contribution in [2.45, 2.75) is 26.1 Å². The van der Waals surface area contributed by atoms with Crippen molar-refractivity contribution in [2.24, 2.45) is 5.73 Å². The highest BCUT2D eigenvalue weighted by Crippen LogP contribution is 2.10. The average Bonchev–Trinajstić information content (AvgIpc) is 2.34. The van der Waals surface area contributed by atoms with Gasteiger partial charge >= 0.3 is 0 Å². The lowest BCUT2D eigenvalue weighted by atomic mass is 10.2. The summed E-state index contributed by atoms with van der Waals surface area (Å²) in [5, 5.41) is 0. The van der Waals surface area contributed by atoms with Crippen LogP contribution in [0.3, 0.4) is 0 Å². The van der Waals surface area contributed by atoms with Crippen LogP contribution in [0.1, 0.15) is 18.3 Å². The zero-order valence-electron chi connectivity index (χ0n) is 10.8. The van der Waals surface area contributed by atoms with Crippen LogP contribution in [0, 0.1) is 0 Å². The van der Waals surface area contributed by atoms with Crippen molar-refractivity contribution in [3.63, 3.8) is 0 Å². The minimum absolute atomic E-state index is 0.521. The van der Waals surface area contributed by atoms with Crippen molar-refractivity contribution in [3.8, 4) is 0 Å². The molecule has 0 aliphatic carbocycles. The Morgan fingerprint density at radius 3 is 2.82 bits per heavy atom. The van der Waals surface area contributed by atoms with Crippen LogP contribution < -0.4 is 5.73 Å². The molecule has 4 nitrogen and oxygen atoms in total. The fourth-order valence-corrected chi connectivity index (χ4v) is 2.23. The normalized spacial score (nSPS) is 22.9. The van der Waals surface area contributed by atoms with Gasteiger partial charge in [-0.2, -0.15) is 0 Å². The van der Waals surface area contributed by atoms with E-state index in [1.807, 2.05) is 12.1 Å². The first kappa shape index (κ1) is 12.5. The van der Waals surface area contributed by atoms with Crippen LogP contribution >= 0.6 is 0 Å². The molecule has 17 heavy (non-hydrogen) atoms. The molecule has 1 aromatic rings. The van der Waals surface area contributed by atoms with Gasteiger partial charge in [0.1, 0.15) is 0 Å². The van der Waals surface area contributed by atoms with E-state index in [0.717, 1.165) is 37.6 Å². The number of aromatic nitrogens is 1. The average molecular weight is 234 g/mol. The van der Waals surface area contributed by atoms with E-state index in [1.54, 1.807) is 0 Å². The Morgan fingerprint density at radius 1 is 1.35 bits per heavy atom. The van der Waals surface area contributed by atoms with Gasteiger partial charge in [0.2, 0.25) is 0 Å². The Morgan fingerprint density at radius 2 is 2.12 bits per heavy atom. The van der Waals surface area contributed by atoms with Gasteiger partial charge in [-0.1, -0.05) is 6.07 Å². The van der Waals surface area contributed by atoms with Gasteiger partial charge in [-0.25, -0.2) is 0 Å². The summed E-state index contributed by atoms with van der Waals surface area (Å²) in [4.78, 5) is 9.42. The minimum atomic E-state index is 0.521. The van der Waals surface area contributed by atoms with Gasteiger partial charge in [-0.05, 0) is 26.1 Å². The van der Waals surface area contributed by atoms with E-state index in [-0.39, 0.29) is 0 Å². The molecule has 1 saturated heterocycles. The van der Waals surface area contributed by atoms with Gasteiger partial charge in [0.05, 0.1) is 11.4 Å². The van der Waals surface area contributed by atoms with E-state index >= 15 is 0 Å². The van der Waals surface area contributed by atoms with Gasteiger partial charge in [-0.3, -0.25) is 9.88 Å². The summed E-state index contributed by atoms with van der Waals surface area (Å²) < 4.78 is 0. The summed E-state index contributed by atoms with van der Waals surface area (Å²) in [6.45, 7) is 7.10. The van der Waals surface area contributed by atoms with Crippen molar-refractivity contribution in [3.05, 3.63) is 29.6 Å². The molecule has 1 aliphatic heterocycles. The van der Waals surface area contributed by atoms with E-state index in [2.05, 4.69) is 34.8 Å². The zero-order chi connectivity index (χ0) is 12.3. The highest BCUT2D eigenvalue weighted by molar-refractivity contribution is 5.11. The molecule has 0 amide bonds. The molecule has 4 heteroatoms.